The highest BCUT2D eigenvalue weighted by atomic mass is 19.1. The molecule has 0 spiro atoms. The molecule has 0 aliphatic carbocycles. The molecule has 7 nitrogen and oxygen atoms in total. The van der Waals surface area contributed by atoms with Crippen LogP contribution >= 0.6 is 0 Å². The lowest BCUT2D eigenvalue weighted by Gasteiger charge is -2.34. The number of aromatic nitrogens is 3. The van der Waals surface area contributed by atoms with Gasteiger partial charge in [0.15, 0.2) is 0 Å². The van der Waals surface area contributed by atoms with Crippen molar-refractivity contribution in [2.45, 2.75) is 6.17 Å². The second-order valence-electron chi connectivity index (χ2n) is 6.67. The van der Waals surface area contributed by atoms with Gasteiger partial charge >= 0.3 is 6.03 Å². The van der Waals surface area contributed by atoms with Crippen LogP contribution in [0.3, 0.4) is 0 Å². The van der Waals surface area contributed by atoms with Crippen molar-refractivity contribution in [1.29, 1.82) is 0 Å². The molecule has 3 aromatic rings. The number of alkyl halides is 1. The highest BCUT2D eigenvalue weighted by Gasteiger charge is 2.30. The molecular weight excluding hydrogens is 354 g/mol. The number of hydrogen-bond acceptors (Lipinski definition) is 4. The summed E-state index contributed by atoms with van der Waals surface area (Å²) in [5.41, 5.74) is 1.95. The van der Waals surface area contributed by atoms with Gasteiger partial charge in [-0.3, -0.25) is 4.40 Å². The highest BCUT2D eigenvalue weighted by molar-refractivity contribution is 5.90. The minimum atomic E-state index is -0.975. The Morgan fingerprint density at radius 1 is 1.30 bits per heavy atom. The first kappa shape index (κ1) is 17.2. The summed E-state index contributed by atoms with van der Waals surface area (Å²) in [5.74, 6) is -0.0176. The largest absolute Gasteiger partial charge is 0.375 e. The first-order chi connectivity index (χ1) is 12.9. The number of imidazole rings is 1. The molecular formula is C18H18F2N6O. The third kappa shape index (κ3) is 3.27. The summed E-state index contributed by atoms with van der Waals surface area (Å²) in [7, 11) is 3.80. The third-order valence-corrected chi connectivity index (χ3v) is 4.43. The summed E-state index contributed by atoms with van der Waals surface area (Å²) in [6.45, 7) is 0.151. The Bertz CT molecular complexity index is 1010. The van der Waals surface area contributed by atoms with Crippen LogP contribution < -0.4 is 10.2 Å². The second kappa shape index (κ2) is 6.49. The summed E-state index contributed by atoms with van der Waals surface area (Å²) in [5, 5.41) is 2.66. The van der Waals surface area contributed by atoms with E-state index in [4.69, 9.17) is 0 Å². The maximum atomic E-state index is 14.4. The van der Waals surface area contributed by atoms with E-state index in [0.29, 0.717) is 17.2 Å². The molecule has 0 radical (unpaired) electrons. The van der Waals surface area contributed by atoms with Gasteiger partial charge < -0.3 is 15.1 Å². The molecule has 0 bridgehead atoms. The fourth-order valence-electron chi connectivity index (χ4n) is 2.83. The average Bonchev–Trinajstić information content (AvgIpc) is 3.03. The van der Waals surface area contributed by atoms with Crippen LogP contribution in [-0.2, 0) is 0 Å². The molecule has 0 saturated carbocycles. The molecule has 9 heteroatoms. The Hall–Kier alpha value is -3.23. The van der Waals surface area contributed by atoms with Crippen LogP contribution in [0.2, 0.25) is 0 Å². The van der Waals surface area contributed by atoms with E-state index in [1.165, 1.54) is 23.1 Å². The monoisotopic (exact) mass is 372 g/mol. The first-order valence-electron chi connectivity index (χ1n) is 8.43. The van der Waals surface area contributed by atoms with Gasteiger partial charge in [0, 0.05) is 37.7 Å². The molecule has 140 valence electrons. The van der Waals surface area contributed by atoms with Crippen molar-refractivity contribution >= 4 is 23.2 Å². The van der Waals surface area contributed by atoms with Crippen molar-refractivity contribution < 1.29 is 13.6 Å². The van der Waals surface area contributed by atoms with Crippen LogP contribution in [0.15, 0.2) is 36.8 Å². The topological polar surface area (TPSA) is 65.8 Å². The molecule has 1 N–H and O–H groups in total. The van der Waals surface area contributed by atoms with Crippen LogP contribution in [-0.4, -0.2) is 58.7 Å². The Morgan fingerprint density at radius 3 is 2.78 bits per heavy atom. The second-order valence-corrected chi connectivity index (χ2v) is 6.67. The third-order valence-electron chi connectivity index (χ3n) is 4.43. The van der Waals surface area contributed by atoms with E-state index < -0.39 is 18.0 Å². The van der Waals surface area contributed by atoms with Crippen molar-refractivity contribution in [3.05, 3.63) is 42.6 Å². The SMILES string of the molecule is CN(C)c1cnc2nc(-c3cc(NC(=O)N4CC(F)C4)ccc3F)cn2c1. The molecule has 1 aliphatic rings. The van der Waals surface area contributed by atoms with Crippen LogP contribution in [0.4, 0.5) is 25.0 Å². The summed E-state index contributed by atoms with van der Waals surface area (Å²) in [6.07, 6.45) is 4.24. The zero-order valence-electron chi connectivity index (χ0n) is 14.9. The number of urea groups is 1. The molecule has 2 aromatic heterocycles. The summed E-state index contributed by atoms with van der Waals surface area (Å²) in [4.78, 5) is 23.9. The van der Waals surface area contributed by atoms with Crippen LogP contribution in [0.25, 0.3) is 17.0 Å². The maximum Gasteiger partial charge on any atom is 0.322 e. The van der Waals surface area contributed by atoms with Gasteiger partial charge in [0.05, 0.1) is 30.7 Å². The van der Waals surface area contributed by atoms with Crippen LogP contribution in [0.1, 0.15) is 0 Å². The van der Waals surface area contributed by atoms with E-state index >= 15 is 0 Å². The number of rotatable bonds is 3. The van der Waals surface area contributed by atoms with Gasteiger partial charge in [-0.2, -0.15) is 0 Å². The van der Waals surface area contributed by atoms with Gasteiger partial charge in [-0.05, 0) is 18.2 Å². The smallest absolute Gasteiger partial charge is 0.322 e. The lowest BCUT2D eigenvalue weighted by molar-refractivity contribution is 0.0974. The number of carbonyl (C=O) groups excluding carboxylic acids is 1. The molecule has 4 rings (SSSR count). The van der Waals surface area contributed by atoms with Crippen molar-refractivity contribution in [3.63, 3.8) is 0 Å². The van der Waals surface area contributed by atoms with Crippen molar-refractivity contribution in [3.8, 4) is 11.3 Å². The number of hydrogen-bond donors (Lipinski definition) is 1. The van der Waals surface area contributed by atoms with E-state index in [-0.39, 0.29) is 18.7 Å². The minimum Gasteiger partial charge on any atom is -0.375 e. The van der Waals surface area contributed by atoms with Crippen molar-refractivity contribution in [2.75, 3.05) is 37.4 Å². The molecule has 0 atom stereocenters. The van der Waals surface area contributed by atoms with E-state index in [1.54, 1.807) is 16.8 Å². The molecule has 1 saturated heterocycles. The van der Waals surface area contributed by atoms with Gasteiger partial charge in [-0.25, -0.2) is 23.5 Å². The zero-order chi connectivity index (χ0) is 19.1. The number of anilines is 2. The molecule has 1 aromatic carbocycles. The fourth-order valence-corrected chi connectivity index (χ4v) is 2.83. The number of likely N-dealkylation sites (tertiary alicyclic amines) is 1. The lowest BCUT2D eigenvalue weighted by atomic mass is 10.1. The quantitative estimate of drug-likeness (QED) is 0.768. The van der Waals surface area contributed by atoms with Crippen LogP contribution in [0.5, 0.6) is 0 Å². The van der Waals surface area contributed by atoms with Gasteiger partial charge in [0.25, 0.3) is 0 Å². The normalized spacial score (nSPS) is 14.3. The molecule has 2 amide bonds. The maximum absolute atomic E-state index is 14.4. The Balaban J connectivity index is 1.63. The van der Waals surface area contributed by atoms with Gasteiger partial charge in [-0.1, -0.05) is 0 Å². The minimum absolute atomic E-state index is 0.0756. The van der Waals surface area contributed by atoms with Crippen molar-refractivity contribution in [2.24, 2.45) is 0 Å². The predicted molar refractivity (Wildman–Crippen MR) is 98.2 cm³/mol. The first-order valence-corrected chi connectivity index (χ1v) is 8.43. The number of carbonyl (C=O) groups is 1. The fraction of sp³-hybridized carbons (Fsp3) is 0.278. The van der Waals surface area contributed by atoms with Crippen molar-refractivity contribution in [1.82, 2.24) is 19.3 Å². The number of fused-ring (bicyclic) bond motifs is 1. The summed E-state index contributed by atoms with van der Waals surface area (Å²) >= 11 is 0. The van der Waals surface area contributed by atoms with Gasteiger partial charge in [0.1, 0.15) is 12.0 Å². The van der Waals surface area contributed by atoms with E-state index in [1.807, 2.05) is 25.2 Å². The Labute approximate surface area is 154 Å². The number of nitrogens with zero attached hydrogens (tertiary/aromatic N) is 5. The molecule has 27 heavy (non-hydrogen) atoms. The predicted octanol–water partition coefficient (Wildman–Crippen LogP) is 2.79. The highest BCUT2D eigenvalue weighted by Crippen LogP contribution is 2.26. The number of halogens is 2. The summed E-state index contributed by atoms with van der Waals surface area (Å²) in [6, 6.07) is 3.83. The van der Waals surface area contributed by atoms with E-state index in [9.17, 15) is 13.6 Å². The van der Waals surface area contributed by atoms with Gasteiger partial charge in [-0.15, -0.1) is 0 Å². The average molecular weight is 372 g/mol. The lowest BCUT2D eigenvalue weighted by Crippen LogP contribution is -2.53. The molecule has 1 fully saturated rings. The summed E-state index contributed by atoms with van der Waals surface area (Å²) < 4.78 is 29.0. The zero-order valence-corrected chi connectivity index (χ0v) is 14.9. The number of amides is 2. The Kier molecular flexibility index (Phi) is 4.14. The van der Waals surface area contributed by atoms with E-state index in [0.717, 1.165) is 5.69 Å². The van der Waals surface area contributed by atoms with Crippen LogP contribution in [0, 0.1) is 5.82 Å². The Morgan fingerprint density at radius 2 is 2.07 bits per heavy atom. The standard InChI is InChI=1S/C18H18F2N6O/c1-24(2)13-6-21-17-23-16(10-25(17)9-13)14-5-12(3-4-15(14)20)22-18(27)26-7-11(19)8-26/h3-6,9-11H,7-8H2,1-2H3,(H,22,27). The molecule has 3 heterocycles. The number of benzene rings is 1. The molecule has 0 unspecified atom stereocenters. The van der Waals surface area contributed by atoms with E-state index in [2.05, 4.69) is 15.3 Å². The number of nitrogens with one attached hydrogen (secondary N) is 1. The van der Waals surface area contributed by atoms with Gasteiger partial charge in [0.2, 0.25) is 5.78 Å². The molecule has 1 aliphatic heterocycles.